The molecule has 106 valence electrons. The molecule has 6 nitrogen and oxygen atoms in total. The summed E-state index contributed by atoms with van der Waals surface area (Å²) in [5.74, 6) is -0.391. The van der Waals surface area contributed by atoms with Gasteiger partial charge in [-0.05, 0) is 31.0 Å². The molecule has 0 bridgehead atoms. The third kappa shape index (κ3) is 1.76. The van der Waals surface area contributed by atoms with Crippen LogP contribution in [0.2, 0.25) is 0 Å². The lowest BCUT2D eigenvalue weighted by atomic mass is 9.85. The van der Waals surface area contributed by atoms with Crippen molar-refractivity contribution < 1.29 is 14.7 Å². The Balaban J connectivity index is 2.07. The number of rotatable bonds is 1. The molecule has 0 radical (unpaired) electrons. The maximum absolute atomic E-state index is 12.5. The third-order valence-corrected chi connectivity index (χ3v) is 4.40. The average Bonchev–Trinajstić information content (AvgIpc) is 2.95. The van der Waals surface area contributed by atoms with E-state index in [2.05, 4.69) is 6.07 Å². The number of benzene rings is 1. The molecule has 0 aromatic heterocycles. The molecule has 2 heterocycles. The van der Waals surface area contributed by atoms with Gasteiger partial charge < -0.3 is 10.0 Å². The molecule has 0 saturated carbocycles. The topological polar surface area (TPSA) is 84.6 Å². The fourth-order valence-corrected chi connectivity index (χ4v) is 3.04. The van der Waals surface area contributed by atoms with Gasteiger partial charge in [-0.1, -0.05) is 5.46 Å². The van der Waals surface area contributed by atoms with Crippen LogP contribution in [-0.4, -0.2) is 48.5 Å². The van der Waals surface area contributed by atoms with Crippen molar-refractivity contribution in [1.82, 2.24) is 4.90 Å². The smallest absolute Gasteiger partial charge is 0.332 e. The fraction of sp³-hybridized carbons (Fsp3) is 0.357. The molecule has 2 aliphatic heterocycles. The number of anilines is 1. The highest BCUT2D eigenvalue weighted by Gasteiger charge is 2.52. The highest BCUT2D eigenvalue weighted by Crippen LogP contribution is 2.32. The number of imide groups is 1. The molecule has 2 aliphatic rings. The Bertz CT molecular complexity index is 697. The molecule has 1 N–H and O–H groups in total. The lowest BCUT2D eigenvalue weighted by Gasteiger charge is -2.19. The van der Waals surface area contributed by atoms with Crippen LogP contribution in [0.4, 0.5) is 10.5 Å². The minimum atomic E-state index is -0.800. The predicted molar refractivity (Wildman–Crippen MR) is 78.1 cm³/mol. The van der Waals surface area contributed by atoms with Crippen molar-refractivity contribution in [3.63, 3.8) is 0 Å². The molecule has 2 atom stereocenters. The molecule has 2 saturated heterocycles. The van der Waals surface area contributed by atoms with Gasteiger partial charge in [0, 0.05) is 12.1 Å². The first-order chi connectivity index (χ1) is 9.97. The minimum absolute atomic E-state index is 0.390. The molecule has 7 heteroatoms. The number of hydrogen-bond donors (Lipinski definition) is 1. The van der Waals surface area contributed by atoms with Gasteiger partial charge in [-0.3, -0.25) is 4.79 Å². The number of carbonyl (C=O) groups excluding carboxylic acids is 2. The zero-order valence-electron chi connectivity index (χ0n) is 11.8. The quantitative estimate of drug-likeness (QED) is 0.530. The van der Waals surface area contributed by atoms with Crippen molar-refractivity contribution in [2.45, 2.75) is 25.5 Å². The van der Waals surface area contributed by atoms with Crippen molar-refractivity contribution >= 4 is 30.9 Å². The number of urea groups is 1. The van der Waals surface area contributed by atoms with Crippen LogP contribution in [0.1, 0.15) is 17.5 Å². The van der Waals surface area contributed by atoms with Crippen LogP contribution < -0.4 is 10.4 Å². The molecule has 1 aromatic rings. The lowest BCUT2D eigenvalue weighted by molar-refractivity contribution is -0.121. The van der Waals surface area contributed by atoms with Gasteiger partial charge in [0.25, 0.3) is 5.91 Å². The summed E-state index contributed by atoms with van der Waals surface area (Å²) >= 11 is 0. The number of amides is 3. The largest absolute Gasteiger partial charge is 0.390 e. The number of nitrogens with zero attached hydrogens (tertiary/aromatic N) is 3. The molecule has 0 aliphatic carbocycles. The van der Waals surface area contributed by atoms with E-state index in [1.807, 2.05) is 0 Å². The SMILES string of the molecule is Bc1c(C#N)ccc(N2C(=O)[C@@H]3[C@H](O)CCN3C2=O)c1C. The van der Waals surface area contributed by atoms with Crippen molar-refractivity contribution in [2.75, 3.05) is 11.4 Å². The van der Waals surface area contributed by atoms with Gasteiger partial charge in [-0.25, -0.2) is 9.69 Å². The van der Waals surface area contributed by atoms with Gasteiger partial charge in [0.1, 0.15) is 13.9 Å². The van der Waals surface area contributed by atoms with Crippen LogP contribution in [0.3, 0.4) is 0 Å². The summed E-state index contributed by atoms with van der Waals surface area (Å²) in [4.78, 5) is 27.4. The fourth-order valence-electron chi connectivity index (χ4n) is 3.04. The first kappa shape index (κ1) is 13.6. The van der Waals surface area contributed by atoms with E-state index in [1.54, 1.807) is 26.9 Å². The maximum atomic E-state index is 12.5. The molecular weight excluding hydrogens is 269 g/mol. The Labute approximate surface area is 123 Å². The van der Waals surface area contributed by atoms with E-state index in [9.17, 15) is 14.7 Å². The van der Waals surface area contributed by atoms with Gasteiger partial charge in [-0.15, -0.1) is 0 Å². The van der Waals surface area contributed by atoms with Crippen molar-refractivity contribution in [3.05, 3.63) is 23.3 Å². The monoisotopic (exact) mass is 283 g/mol. The normalized spacial score (nSPS) is 24.4. The van der Waals surface area contributed by atoms with Crippen LogP contribution in [0.15, 0.2) is 12.1 Å². The summed E-state index contributed by atoms with van der Waals surface area (Å²) in [6.07, 6.45) is -0.368. The molecule has 1 aromatic carbocycles. The predicted octanol–water partition coefficient (Wildman–Crippen LogP) is -0.973. The molecule has 0 unspecified atom stereocenters. The van der Waals surface area contributed by atoms with E-state index in [1.165, 1.54) is 4.90 Å². The van der Waals surface area contributed by atoms with E-state index in [0.29, 0.717) is 24.2 Å². The molecular formula is C14H14BN3O3. The Morgan fingerprint density at radius 2 is 2.14 bits per heavy atom. The molecule has 2 fully saturated rings. The second kappa shape index (κ2) is 4.60. The van der Waals surface area contributed by atoms with Crippen LogP contribution >= 0.6 is 0 Å². The number of carbonyl (C=O) groups is 2. The number of aliphatic hydroxyl groups is 1. The molecule has 3 amide bonds. The molecule has 3 rings (SSSR count). The standard InChI is InChI=1S/C14H14BN3O3/c1-7-9(3-2-8(6-16)11(7)15)18-13(20)12-10(19)4-5-17(12)14(18)21/h2-3,10,12,19H,4-5,15H2,1H3/t10-,12+/m1/s1. The average molecular weight is 283 g/mol. The minimum Gasteiger partial charge on any atom is -0.390 e. The number of aliphatic hydroxyl groups excluding tert-OH is 1. The van der Waals surface area contributed by atoms with Gasteiger partial charge in [0.2, 0.25) is 0 Å². The third-order valence-electron chi connectivity index (χ3n) is 4.40. The Kier molecular flexibility index (Phi) is 2.99. The van der Waals surface area contributed by atoms with E-state index in [-0.39, 0.29) is 0 Å². The van der Waals surface area contributed by atoms with E-state index < -0.39 is 24.1 Å². The highest BCUT2D eigenvalue weighted by molar-refractivity contribution is 6.36. The summed E-state index contributed by atoms with van der Waals surface area (Å²) < 4.78 is 0. The van der Waals surface area contributed by atoms with Crippen LogP contribution in [0, 0.1) is 18.3 Å². The zero-order chi connectivity index (χ0) is 15.3. The van der Waals surface area contributed by atoms with Crippen molar-refractivity contribution in [3.8, 4) is 6.07 Å². The highest BCUT2D eigenvalue weighted by atomic mass is 16.3. The number of fused-ring (bicyclic) bond motifs is 1. The number of nitriles is 1. The molecule has 21 heavy (non-hydrogen) atoms. The zero-order valence-corrected chi connectivity index (χ0v) is 11.8. The van der Waals surface area contributed by atoms with E-state index in [4.69, 9.17) is 5.26 Å². The van der Waals surface area contributed by atoms with Crippen LogP contribution in [0.5, 0.6) is 0 Å². The lowest BCUT2D eigenvalue weighted by Crippen LogP contribution is -2.37. The van der Waals surface area contributed by atoms with E-state index in [0.717, 1.165) is 15.9 Å². The maximum Gasteiger partial charge on any atom is 0.332 e. The Hall–Kier alpha value is -2.33. The van der Waals surface area contributed by atoms with Gasteiger partial charge >= 0.3 is 6.03 Å². The first-order valence-corrected chi connectivity index (χ1v) is 6.80. The summed E-state index contributed by atoms with van der Waals surface area (Å²) in [6, 6.07) is 4.14. The van der Waals surface area contributed by atoms with Crippen LogP contribution in [0.25, 0.3) is 0 Å². The van der Waals surface area contributed by atoms with Crippen LogP contribution in [-0.2, 0) is 4.79 Å². The van der Waals surface area contributed by atoms with Gasteiger partial charge in [0.15, 0.2) is 0 Å². The Morgan fingerprint density at radius 1 is 1.43 bits per heavy atom. The van der Waals surface area contributed by atoms with Crippen molar-refractivity contribution in [1.29, 1.82) is 5.26 Å². The van der Waals surface area contributed by atoms with Gasteiger partial charge in [0.05, 0.1) is 17.9 Å². The van der Waals surface area contributed by atoms with Gasteiger partial charge in [-0.2, -0.15) is 5.26 Å². The number of hydrogen-bond acceptors (Lipinski definition) is 4. The summed E-state index contributed by atoms with van der Waals surface area (Å²) in [6.45, 7) is 2.17. The first-order valence-electron chi connectivity index (χ1n) is 6.80. The van der Waals surface area contributed by atoms with E-state index >= 15 is 0 Å². The second-order valence-corrected chi connectivity index (χ2v) is 5.44. The van der Waals surface area contributed by atoms with Crippen molar-refractivity contribution in [2.24, 2.45) is 0 Å². The summed E-state index contributed by atoms with van der Waals surface area (Å²) in [5.41, 5.74) is 2.49. The summed E-state index contributed by atoms with van der Waals surface area (Å²) in [7, 11) is 1.79. The summed E-state index contributed by atoms with van der Waals surface area (Å²) in [5, 5.41) is 18.9. The second-order valence-electron chi connectivity index (χ2n) is 5.44. The molecule has 0 spiro atoms. The Morgan fingerprint density at radius 3 is 2.76 bits per heavy atom.